The number of nitrogens with one attached hydrogen (secondary N) is 1. The van der Waals surface area contributed by atoms with Gasteiger partial charge in [-0.2, -0.15) is 0 Å². The molecule has 0 radical (unpaired) electrons. The number of aromatic nitrogens is 1. The molecule has 2 heterocycles. The van der Waals surface area contributed by atoms with Crippen molar-refractivity contribution in [3.05, 3.63) is 28.0 Å². The van der Waals surface area contributed by atoms with Crippen LogP contribution in [0.3, 0.4) is 0 Å². The molecule has 0 spiro atoms. The van der Waals surface area contributed by atoms with E-state index in [4.69, 9.17) is 5.73 Å². The van der Waals surface area contributed by atoms with Gasteiger partial charge < -0.3 is 20.5 Å². The molecule has 1 aromatic carbocycles. The Morgan fingerprint density at radius 1 is 1.32 bits per heavy atom. The molecule has 6 nitrogen and oxygen atoms in total. The fourth-order valence-corrected chi connectivity index (χ4v) is 5.61. The van der Waals surface area contributed by atoms with Crippen molar-refractivity contribution in [2.24, 2.45) is 11.7 Å². The first-order valence-electron chi connectivity index (χ1n) is 9.94. The third-order valence-corrected chi connectivity index (χ3v) is 6.83. The summed E-state index contributed by atoms with van der Waals surface area (Å²) in [7, 11) is 5.64. The molecule has 3 unspecified atom stereocenters. The van der Waals surface area contributed by atoms with Crippen molar-refractivity contribution in [3.63, 3.8) is 0 Å². The van der Waals surface area contributed by atoms with Crippen molar-refractivity contribution in [2.45, 2.75) is 32.2 Å². The van der Waals surface area contributed by atoms with Gasteiger partial charge in [-0.05, 0) is 49.6 Å². The zero-order valence-electron chi connectivity index (χ0n) is 16.2. The van der Waals surface area contributed by atoms with Crippen LogP contribution in [-0.4, -0.2) is 36.7 Å². The molecule has 28 heavy (non-hydrogen) atoms. The number of fused-ring (bicyclic) bond motifs is 1. The van der Waals surface area contributed by atoms with Gasteiger partial charge in [0, 0.05) is 36.0 Å². The highest BCUT2D eigenvalue weighted by atomic mass is 31.0. The molecule has 2 aromatic rings. The minimum absolute atomic E-state index is 0.0767. The first-order valence-corrected chi connectivity index (χ1v) is 11.1. The molecule has 1 saturated carbocycles. The highest BCUT2D eigenvalue weighted by molar-refractivity contribution is 7.31. The van der Waals surface area contributed by atoms with Crippen LogP contribution in [0.5, 0.6) is 0 Å². The van der Waals surface area contributed by atoms with Gasteiger partial charge in [0.2, 0.25) is 5.43 Å². The molecule has 1 amide bonds. The van der Waals surface area contributed by atoms with Crippen LogP contribution >= 0.6 is 18.5 Å². The van der Waals surface area contributed by atoms with E-state index in [2.05, 4.69) is 40.2 Å². The Balaban J connectivity index is 1.84. The Morgan fingerprint density at radius 3 is 2.71 bits per heavy atom. The van der Waals surface area contributed by atoms with Crippen LogP contribution < -0.4 is 32.0 Å². The lowest BCUT2D eigenvalue weighted by atomic mass is 10.1. The maximum Gasteiger partial charge on any atom is 0.254 e. The molecule has 1 saturated heterocycles. The predicted octanol–water partition coefficient (Wildman–Crippen LogP) is 0.872. The highest BCUT2D eigenvalue weighted by Crippen LogP contribution is 2.38. The van der Waals surface area contributed by atoms with Crippen molar-refractivity contribution in [1.29, 1.82) is 0 Å². The fourth-order valence-electron chi connectivity index (χ4n) is 4.28. The normalized spacial score (nSPS) is 19.5. The number of hydrogen-bond acceptors (Lipinski definition) is 4. The summed E-state index contributed by atoms with van der Waals surface area (Å²) in [5.41, 5.74) is 7.37. The third kappa shape index (κ3) is 3.47. The molecule has 1 aliphatic heterocycles. The van der Waals surface area contributed by atoms with E-state index in [9.17, 15) is 9.59 Å². The van der Waals surface area contributed by atoms with Crippen LogP contribution in [-0.2, 0) is 0 Å². The fraction of sp³-hybridized carbons (Fsp3) is 0.500. The molecule has 3 atom stereocenters. The minimum Gasteiger partial charge on any atom is -0.370 e. The monoisotopic (exact) mass is 418 g/mol. The maximum absolute atomic E-state index is 12.9. The summed E-state index contributed by atoms with van der Waals surface area (Å²) in [5.74, 6) is -0.0286. The Kier molecular flexibility index (Phi) is 5.48. The van der Waals surface area contributed by atoms with Gasteiger partial charge in [0.25, 0.3) is 5.91 Å². The van der Waals surface area contributed by atoms with Crippen molar-refractivity contribution < 1.29 is 4.79 Å². The number of primary amides is 1. The highest BCUT2D eigenvalue weighted by Gasteiger charge is 2.30. The van der Waals surface area contributed by atoms with Crippen molar-refractivity contribution in [2.75, 3.05) is 31.1 Å². The van der Waals surface area contributed by atoms with Gasteiger partial charge >= 0.3 is 0 Å². The van der Waals surface area contributed by atoms with Crippen LogP contribution in [0.4, 0.5) is 5.69 Å². The van der Waals surface area contributed by atoms with Crippen LogP contribution in [0.2, 0.25) is 0 Å². The zero-order chi connectivity index (χ0) is 20.0. The molecule has 2 fully saturated rings. The maximum atomic E-state index is 12.9. The molecule has 3 N–H and O–H groups in total. The SMILES string of the molecule is CCNCC1CCN(c2c(P)cc3c(=O)c(C(N)=O)cn(C4CC4)c3c2P)C1. The zero-order valence-corrected chi connectivity index (χ0v) is 18.5. The number of carbonyl (C=O) groups excluding carboxylic acids is 1. The summed E-state index contributed by atoms with van der Waals surface area (Å²) < 4.78 is 2.10. The Bertz CT molecular complexity index is 1000. The summed E-state index contributed by atoms with van der Waals surface area (Å²) in [6.07, 6.45) is 4.96. The number of hydrogen-bond donors (Lipinski definition) is 2. The molecule has 8 heteroatoms. The van der Waals surface area contributed by atoms with Gasteiger partial charge in [-0.3, -0.25) is 9.59 Å². The number of carbonyl (C=O) groups is 1. The van der Waals surface area contributed by atoms with Gasteiger partial charge in [-0.25, -0.2) is 0 Å². The van der Waals surface area contributed by atoms with E-state index in [-0.39, 0.29) is 11.0 Å². The molecule has 1 aromatic heterocycles. The van der Waals surface area contributed by atoms with Gasteiger partial charge in [-0.15, -0.1) is 18.5 Å². The largest absolute Gasteiger partial charge is 0.370 e. The van der Waals surface area contributed by atoms with E-state index < -0.39 is 5.91 Å². The molecule has 150 valence electrons. The second-order valence-electron chi connectivity index (χ2n) is 7.91. The lowest BCUT2D eigenvalue weighted by Gasteiger charge is -2.26. The summed E-state index contributed by atoms with van der Waals surface area (Å²) in [5, 5.41) is 6.05. The standard InChI is InChI=1S/C20H28N4O2P2/c1-2-22-8-11-5-6-23(9-11)17-15(27)7-13-16(19(17)28)24(12-3-4-12)10-14(18(13)25)20(21)26/h7,10-12,22H,2-6,8-9,27-28H2,1H3,(H2,21,26). The minimum atomic E-state index is -0.660. The number of nitrogens with zero attached hydrogens (tertiary/aromatic N) is 2. The van der Waals surface area contributed by atoms with Crippen molar-refractivity contribution >= 4 is 51.6 Å². The summed E-state index contributed by atoms with van der Waals surface area (Å²) in [6.45, 7) is 6.18. The first-order chi connectivity index (χ1) is 13.4. The number of benzene rings is 1. The van der Waals surface area contributed by atoms with E-state index in [1.54, 1.807) is 6.20 Å². The van der Waals surface area contributed by atoms with Gasteiger partial charge in [0.05, 0.1) is 11.2 Å². The second kappa shape index (κ2) is 7.74. The van der Waals surface area contributed by atoms with Crippen molar-refractivity contribution in [3.8, 4) is 0 Å². The van der Waals surface area contributed by atoms with E-state index in [0.29, 0.717) is 17.3 Å². The number of rotatable bonds is 6. The molecule has 1 aliphatic carbocycles. The Hall–Kier alpha value is -1.48. The quantitative estimate of drug-likeness (QED) is 0.683. The molecule has 0 bridgehead atoms. The lowest BCUT2D eigenvalue weighted by Crippen LogP contribution is -2.33. The van der Waals surface area contributed by atoms with Crippen LogP contribution in [0.1, 0.15) is 42.6 Å². The summed E-state index contributed by atoms with van der Waals surface area (Å²) >= 11 is 0. The number of anilines is 1. The Morgan fingerprint density at radius 2 is 2.07 bits per heavy atom. The smallest absolute Gasteiger partial charge is 0.254 e. The third-order valence-electron chi connectivity index (χ3n) is 5.85. The van der Waals surface area contributed by atoms with Crippen molar-refractivity contribution in [1.82, 2.24) is 9.88 Å². The van der Waals surface area contributed by atoms with Gasteiger partial charge in [0.1, 0.15) is 5.56 Å². The average Bonchev–Trinajstić information content (AvgIpc) is 3.39. The van der Waals surface area contributed by atoms with E-state index in [1.807, 2.05) is 6.07 Å². The van der Waals surface area contributed by atoms with E-state index in [1.165, 1.54) is 5.69 Å². The first kappa shape index (κ1) is 19.8. The van der Waals surface area contributed by atoms with E-state index >= 15 is 0 Å². The molecular weight excluding hydrogens is 390 g/mol. The van der Waals surface area contributed by atoms with Crippen LogP contribution in [0.15, 0.2) is 17.1 Å². The van der Waals surface area contributed by atoms with E-state index in [0.717, 1.165) is 61.6 Å². The number of amides is 1. The van der Waals surface area contributed by atoms with Crippen LogP contribution in [0, 0.1) is 5.92 Å². The number of pyridine rings is 1. The summed E-state index contributed by atoms with van der Waals surface area (Å²) in [4.78, 5) is 27.2. The van der Waals surface area contributed by atoms with Gasteiger partial charge in [-0.1, -0.05) is 6.92 Å². The second-order valence-corrected chi connectivity index (χ2v) is 9.11. The molecule has 2 aliphatic rings. The average molecular weight is 418 g/mol. The Labute approximate surface area is 169 Å². The lowest BCUT2D eigenvalue weighted by molar-refractivity contribution is 0.0999. The molecular formula is C20H28N4O2P2. The molecule has 4 rings (SSSR count). The number of nitrogens with two attached hydrogens (primary N) is 1. The summed E-state index contributed by atoms with van der Waals surface area (Å²) in [6, 6.07) is 2.25. The van der Waals surface area contributed by atoms with Crippen LogP contribution in [0.25, 0.3) is 10.9 Å². The topological polar surface area (TPSA) is 80.4 Å². The van der Waals surface area contributed by atoms with Gasteiger partial charge in [0.15, 0.2) is 0 Å². The predicted molar refractivity (Wildman–Crippen MR) is 123 cm³/mol.